The summed E-state index contributed by atoms with van der Waals surface area (Å²) < 4.78 is 0. The third kappa shape index (κ3) is 6.56. The third-order valence-corrected chi connectivity index (χ3v) is 5.17. The van der Waals surface area contributed by atoms with E-state index in [4.69, 9.17) is 11.6 Å². The first-order valence-corrected chi connectivity index (χ1v) is 10.6. The highest BCUT2D eigenvalue weighted by atomic mass is 35.5. The zero-order valence-corrected chi connectivity index (χ0v) is 18.5. The molecule has 158 valence electrons. The number of halogens is 1. The van der Waals surface area contributed by atoms with Crippen LogP contribution < -0.4 is 10.6 Å². The fourth-order valence-corrected chi connectivity index (χ4v) is 3.09. The number of pyridine rings is 1. The van der Waals surface area contributed by atoms with Gasteiger partial charge in [-0.25, -0.2) is 0 Å². The molecule has 0 radical (unpaired) electrons. The van der Waals surface area contributed by atoms with Crippen LogP contribution in [0.2, 0.25) is 5.02 Å². The molecule has 2 aromatic carbocycles. The van der Waals surface area contributed by atoms with Crippen LogP contribution in [0.4, 0.5) is 5.69 Å². The fourth-order valence-electron chi connectivity index (χ4n) is 2.87. The Morgan fingerprint density at radius 3 is 2.61 bits per heavy atom. The predicted octanol–water partition coefficient (Wildman–Crippen LogP) is 6.61. The minimum Gasteiger partial charge on any atom is -0.387 e. The van der Waals surface area contributed by atoms with Crippen molar-refractivity contribution < 1.29 is 4.79 Å². The lowest BCUT2D eigenvalue weighted by atomic mass is 10.1. The summed E-state index contributed by atoms with van der Waals surface area (Å²) in [5, 5.41) is 6.77. The average molecular weight is 432 g/mol. The van der Waals surface area contributed by atoms with Crippen LogP contribution >= 0.6 is 11.6 Å². The summed E-state index contributed by atoms with van der Waals surface area (Å²) >= 11 is 6.32. The van der Waals surface area contributed by atoms with Gasteiger partial charge in [0, 0.05) is 29.6 Å². The summed E-state index contributed by atoms with van der Waals surface area (Å²) in [5.74, 6) is -0.172. The summed E-state index contributed by atoms with van der Waals surface area (Å²) in [6.07, 6.45) is 8.79. The number of benzene rings is 2. The normalized spacial score (nSPS) is 11.5. The third-order valence-electron chi connectivity index (χ3n) is 4.84. The molecular weight excluding hydrogens is 406 g/mol. The zero-order valence-electron chi connectivity index (χ0n) is 17.7. The number of allylic oxidation sites excluding steroid dienone is 3. The molecular formula is C26H26ClN3O. The van der Waals surface area contributed by atoms with E-state index < -0.39 is 0 Å². The Hall–Kier alpha value is -3.37. The average Bonchev–Trinajstić information content (AvgIpc) is 2.80. The largest absolute Gasteiger partial charge is 0.387 e. The summed E-state index contributed by atoms with van der Waals surface area (Å²) in [5.41, 5.74) is 5.23. The Labute approximate surface area is 188 Å². The van der Waals surface area contributed by atoms with E-state index in [2.05, 4.69) is 35.5 Å². The lowest BCUT2D eigenvalue weighted by Gasteiger charge is -2.10. The molecule has 1 heterocycles. The van der Waals surface area contributed by atoms with Crippen LogP contribution in [0.15, 0.2) is 90.8 Å². The predicted molar refractivity (Wildman–Crippen MR) is 129 cm³/mol. The molecule has 0 aliphatic carbocycles. The number of amides is 1. The van der Waals surface area contributed by atoms with Gasteiger partial charge in [-0.3, -0.25) is 9.78 Å². The first kappa shape index (κ1) is 22.3. The lowest BCUT2D eigenvalue weighted by Crippen LogP contribution is -2.12. The number of hydrogen-bond acceptors (Lipinski definition) is 3. The van der Waals surface area contributed by atoms with Crippen molar-refractivity contribution in [3.8, 4) is 11.3 Å². The molecule has 0 saturated carbocycles. The number of carbonyl (C=O) groups is 1. The fraction of sp³-hybridized carbons (Fsp3) is 0.154. The van der Waals surface area contributed by atoms with E-state index in [-0.39, 0.29) is 5.91 Å². The number of nitrogens with zero attached hydrogens (tertiary/aromatic N) is 1. The summed E-state index contributed by atoms with van der Waals surface area (Å²) in [6, 6.07) is 18.6. The molecule has 0 fully saturated rings. The Kier molecular flexibility index (Phi) is 8.02. The molecule has 0 aliphatic heterocycles. The van der Waals surface area contributed by atoms with Gasteiger partial charge in [-0.15, -0.1) is 0 Å². The van der Waals surface area contributed by atoms with Crippen LogP contribution in [0, 0.1) is 0 Å². The molecule has 0 spiro atoms. The van der Waals surface area contributed by atoms with Crippen LogP contribution in [0.3, 0.4) is 0 Å². The molecule has 0 unspecified atom stereocenters. The van der Waals surface area contributed by atoms with Gasteiger partial charge in [0.2, 0.25) is 0 Å². The Balaban J connectivity index is 1.61. The Morgan fingerprint density at radius 2 is 1.90 bits per heavy atom. The van der Waals surface area contributed by atoms with Crippen molar-refractivity contribution >= 4 is 23.2 Å². The van der Waals surface area contributed by atoms with E-state index in [1.807, 2.05) is 60.8 Å². The standard InChI is InChI=1S/C26H26ClN3O/c1-3-19(2)7-6-15-28-18-20-9-11-21(12-10-20)26(31)30-22-13-14-24(27)23(17-22)25-8-4-5-16-29-25/h4-17,28H,3,18H2,1-2H3,(H,30,31)/b15-6-,19-7+. The van der Waals surface area contributed by atoms with E-state index in [1.165, 1.54) is 5.57 Å². The number of hydrogen-bond donors (Lipinski definition) is 2. The molecule has 0 aliphatic rings. The van der Waals surface area contributed by atoms with Gasteiger partial charge in [0.05, 0.1) is 10.7 Å². The summed E-state index contributed by atoms with van der Waals surface area (Å²) in [6.45, 7) is 4.94. The highest BCUT2D eigenvalue weighted by Crippen LogP contribution is 2.29. The highest BCUT2D eigenvalue weighted by Gasteiger charge is 2.10. The highest BCUT2D eigenvalue weighted by molar-refractivity contribution is 6.33. The Morgan fingerprint density at radius 1 is 1.10 bits per heavy atom. The topological polar surface area (TPSA) is 54.0 Å². The van der Waals surface area contributed by atoms with Gasteiger partial charge < -0.3 is 10.6 Å². The van der Waals surface area contributed by atoms with E-state index in [0.29, 0.717) is 22.8 Å². The number of rotatable bonds is 8. The number of aromatic nitrogens is 1. The maximum atomic E-state index is 12.7. The smallest absolute Gasteiger partial charge is 0.255 e. The van der Waals surface area contributed by atoms with Crippen molar-refractivity contribution in [1.82, 2.24) is 10.3 Å². The van der Waals surface area contributed by atoms with Crippen molar-refractivity contribution in [3.05, 3.63) is 107 Å². The van der Waals surface area contributed by atoms with Crippen molar-refractivity contribution in [1.29, 1.82) is 0 Å². The van der Waals surface area contributed by atoms with Crippen molar-refractivity contribution in [3.63, 3.8) is 0 Å². The van der Waals surface area contributed by atoms with Crippen LogP contribution in [0.5, 0.6) is 0 Å². The maximum absolute atomic E-state index is 12.7. The summed E-state index contributed by atoms with van der Waals surface area (Å²) in [4.78, 5) is 17.0. The molecule has 1 aromatic heterocycles. The molecule has 5 heteroatoms. The monoisotopic (exact) mass is 431 g/mol. The molecule has 2 N–H and O–H groups in total. The van der Waals surface area contributed by atoms with E-state index in [1.54, 1.807) is 18.3 Å². The molecule has 31 heavy (non-hydrogen) atoms. The van der Waals surface area contributed by atoms with Crippen LogP contribution in [0.1, 0.15) is 36.2 Å². The van der Waals surface area contributed by atoms with Crippen LogP contribution in [-0.4, -0.2) is 10.9 Å². The number of anilines is 1. The molecule has 3 rings (SSSR count). The maximum Gasteiger partial charge on any atom is 0.255 e. The van der Waals surface area contributed by atoms with E-state index in [9.17, 15) is 4.79 Å². The lowest BCUT2D eigenvalue weighted by molar-refractivity contribution is 0.102. The first-order valence-electron chi connectivity index (χ1n) is 10.2. The van der Waals surface area contributed by atoms with Crippen molar-refractivity contribution in [2.24, 2.45) is 0 Å². The van der Waals surface area contributed by atoms with E-state index in [0.717, 1.165) is 23.2 Å². The minimum absolute atomic E-state index is 0.172. The van der Waals surface area contributed by atoms with Gasteiger partial charge in [0.15, 0.2) is 0 Å². The van der Waals surface area contributed by atoms with E-state index >= 15 is 0 Å². The second-order valence-electron chi connectivity index (χ2n) is 7.17. The quantitative estimate of drug-likeness (QED) is 0.394. The van der Waals surface area contributed by atoms with Crippen molar-refractivity contribution in [2.75, 3.05) is 5.32 Å². The first-order chi connectivity index (χ1) is 15.1. The van der Waals surface area contributed by atoms with Crippen LogP contribution in [0.25, 0.3) is 11.3 Å². The second kappa shape index (κ2) is 11.1. The Bertz CT molecular complexity index is 1070. The molecule has 4 nitrogen and oxygen atoms in total. The van der Waals surface area contributed by atoms with Gasteiger partial charge in [-0.1, -0.05) is 48.4 Å². The number of nitrogens with one attached hydrogen (secondary N) is 2. The number of carbonyl (C=O) groups excluding carboxylic acids is 1. The molecule has 1 amide bonds. The van der Waals surface area contributed by atoms with Crippen molar-refractivity contribution in [2.45, 2.75) is 26.8 Å². The summed E-state index contributed by atoms with van der Waals surface area (Å²) in [7, 11) is 0. The van der Waals surface area contributed by atoms with Gasteiger partial charge in [0.25, 0.3) is 5.91 Å². The molecule has 0 bridgehead atoms. The van der Waals surface area contributed by atoms with Gasteiger partial charge in [-0.2, -0.15) is 0 Å². The van der Waals surface area contributed by atoms with Gasteiger partial charge in [-0.05, 0) is 73.6 Å². The van der Waals surface area contributed by atoms with Gasteiger partial charge in [0.1, 0.15) is 0 Å². The van der Waals surface area contributed by atoms with Gasteiger partial charge >= 0.3 is 0 Å². The zero-order chi connectivity index (χ0) is 22.1. The van der Waals surface area contributed by atoms with Crippen LogP contribution in [-0.2, 0) is 6.54 Å². The molecule has 0 atom stereocenters. The SMILES string of the molecule is CC/C(C)=C/C=C\NCc1ccc(C(=O)Nc2ccc(Cl)c(-c3ccccn3)c2)cc1. The second-order valence-corrected chi connectivity index (χ2v) is 7.57. The minimum atomic E-state index is -0.172. The molecule has 0 saturated heterocycles. The molecule has 3 aromatic rings.